The summed E-state index contributed by atoms with van der Waals surface area (Å²) in [6, 6.07) is 12.7. The number of H-pyrrole nitrogens is 1. The number of aromatic nitrogens is 1. The Labute approximate surface area is 150 Å². The van der Waals surface area contributed by atoms with Crippen molar-refractivity contribution in [3.8, 4) is 0 Å². The number of carbonyl (C=O) groups is 1. The van der Waals surface area contributed by atoms with Crippen LogP contribution in [0.2, 0.25) is 0 Å². The minimum absolute atomic E-state index is 0.0111. The van der Waals surface area contributed by atoms with Crippen molar-refractivity contribution in [1.29, 1.82) is 0 Å². The average Bonchev–Trinajstić information content (AvgIpc) is 3.28. The fraction of sp³-hybridized carbons (Fsp3) is 0.250. The first-order chi connectivity index (χ1) is 12.6. The molecule has 1 aromatic heterocycles. The molecule has 1 saturated heterocycles. The number of fused-ring (bicyclic) bond motifs is 1. The maximum absolute atomic E-state index is 13.2. The second kappa shape index (κ2) is 6.29. The van der Waals surface area contributed by atoms with Crippen molar-refractivity contribution in [2.75, 3.05) is 6.54 Å². The van der Waals surface area contributed by atoms with Gasteiger partial charge in [0.2, 0.25) is 0 Å². The highest BCUT2D eigenvalue weighted by Crippen LogP contribution is 2.36. The van der Waals surface area contributed by atoms with E-state index in [4.69, 9.17) is 0 Å². The van der Waals surface area contributed by atoms with E-state index in [-0.39, 0.29) is 17.6 Å². The van der Waals surface area contributed by atoms with Crippen molar-refractivity contribution in [2.45, 2.75) is 25.8 Å². The molecule has 1 amide bonds. The van der Waals surface area contributed by atoms with Gasteiger partial charge in [-0.3, -0.25) is 14.9 Å². The van der Waals surface area contributed by atoms with Crippen LogP contribution in [0.25, 0.3) is 10.9 Å². The average molecular weight is 349 g/mol. The molecule has 1 N–H and O–H groups in total. The molecule has 1 fully saturated rings. The summed E-state index contributed by atoms with van der Waals surface area (Å²) in [7, 11) is 0. The van der Waals surface area contributed by atoms with E-state index < -0.39 is 4.92 Å². The number of nitro groups is 1. The molecule has 6 nitrogen and oxygen atoms in total. The summed E-state index contributed by atoms with van der Waals surface area (Å²) in [5.41, 5.74) is 3.55. The molecule has 26 heavy (non-hydrogen) atoms. The Morgan fingerprint density at radius 3 is 2.85 bits per heavy atom. The highest BCUT2D eigenvalue weighted by Gasteiger charge is 2.32. The van der Waals surface area contributed by atoms with Crippen LogP contribution in [0.3, 0.4) is 0 Å². The Morgan fingerprint density at radius 1 is 1.27 bits per heavy atom. The van der Waals surface area contributed by atoms with E-state index in [1.165, 1.54) is 23.3 Å². The third kappa shape index (κ3) is 2.63. The lowest BCUT2D eigenvalue weighted by molar-refractivity contribution is -0.384. The van der Waals surface area contributed by atoms with Gasteiger partial charge >= 0.3 is 0 Å². The molecule has 0 saturated carbocycles. The second-order valence-electron chi connectivity index (χ2n) is 6.70. The fourth-order valence-electron chi connectivity index (χ4n) is 3.85. The number of aromatic amines is 1. The minimum Gasteiger partial charge on any atom is -0.360 e. The van der Waals surface area contributed by atoms with Crippen molar-refractivity contribution >= 4 is 22.5 Å². The van der Waals surface area contributed by atoms with Crippen LogP contribution in [0.15, 0.2) is 48.7 Å². The summed E-state index contributed by atoms with van der Waals surface area (Å²) in [4.78, 5) is 28.8. The molecule has 0 spiro atoms. The first-order valence-corrected chi connectivity index (χ1v) is 8.68. The van der Waals surface area contributed by atoms with Crippen molar-refractivity contribution in [2.24, 2.45) is 0 Å². The standard InChI is InChI=1S/C20H19N3O3/c1-13-5-2-3-6-15(13)19-7-4-10-22(19)20(24)17-12-21-18-9-8-14(23(25)26)11-16(17)18/h2-3,5-6,8-9,11-12,19,21H,4,7,10H2,1H3. The number of non-ortho nitro benzene ring substituents is 1. The molecule has 1 aliphatic rings. The number of nitro benzene ring substituents is 1. The molecular weight excluding hydrogens is 330 g/mol. The molecule has 3 aromatic rings. The van der Waals surface area contributed by atoms with Gasteiger partial charge in [-0.25, -0.2) is 0 Å². The van der Waals surface area contributed by atoms with Gasteiger partial charge in [0.05, 0.1) is 16.5 Å². The Kier molecular flexibility index (Phi) is 3.95. The molecule has 1 aliphatic heterocycles. The monoisotopic (exact) mass is 349 g/mol. The number of aryl methyl sites for hydroxylation is 1. The van der Waals surface area contributed by atoms with Crippen LogP contribution >= 0.6 is 0 Å². The van der Waals surface area contributed by atoms with Crippen molar-refractivity contribution in [1.82, 2.24) is 9.88 Å². The van der Waals surface area contributed by atoms with E-state index >= 15 is 0 Å². The fourth-order valence-corrected chi connectivity index (χ4v) is 3.85. The zero-order valence-electron chi connectivity index (χ0n) is 14.4. The van der Waals surface area contributed by atoms with E-state index in [0.29, 0.717) is 17.5 Å². The molecule has 6 heteroatoms. The normalized spacial score (nSPS) is 17.0. The summed E-state index contributed by atoms with van der Waals surface area (Å²) in [6.45, 7) is 2.75. The highest BCUT2D eigenvalue weighted by atomic mass is 16.6. The quantitative estimate of drug-likeness (QED) is 0.563. The zero-order chi connectivity index (χ0) is 18.3. The Bertz CT molecular complexity index is 1010. The number of hydrogen-bond donors (Lipinski definition) is 1. The first kappa shape index (κ1) is 16.3. The van der Waals surface area contributed by atoms with Crippen LogP contribution < -0.4 is 0 Å². The van der Waals surface area contributed by atoms with Crippen LogP contribution in [0.1, 0.15) is 40.4 Å². The molecule has 1 unspecified atom stereocenters. The highest BCUT2D eigenvalue weighted by molar-refractivity contribution is 6.07. The van der Waals surface area contributed by atoms with Gasteiger partial charge in [-0.05, 0) is 37.0 Å². The molecule has 0 aliphatic carbocycles. The molecule has 1 atom stereocenters. The minimum atomic E-state index is -0.438. The van der Waals surface area contributed by atoms with Crippen LogP contribution in [0.4, 0.5) is 5.69 Å². The lowest BCUT2D eigenvalue weighted by Gasteiger charge is -2.26. The van der Waals surface area contributed by atoms with Crippen LogP contribution in [0.5, 0.6) is 0 Å². The molecule has 2 heterocycles. The summed E-state index contributed by atoms with van der Waals surface area (Å²) < 4.78 is 0. The van der Waals surface area contributed by atoms with E-state index in [1.54, 1.807) is 12.3 Å². The van der Waals surface area contributed by atoms with Crippen molar-refractivity contribution in [3.05, 3.63) is 75.5 Å². The van der Waals surface area contributed by atoms with E-state index in [2.05, 4.69) is 24.0 Å². The lowest BCUT2D eigenvalue weighted by atomic mass is 9.99. The number of amides is 1. The number of carbonyl (C=O) groups excluding carboxylic acids is 1. The molecule has 4 rings (SSSR count). The summed E-state index contributed by atoms with van der Waals surface area (Å²) in [5.74, 6) is -0.0810. The SMILES string of the molecule is Cc1ccccc1C1CCCN1C(=O)c1c[nH]c2ccc([N+](=O)[O-])cc12. The van der Waals surface area contributed by atoms with Crippen molar-refractivity contribution in [3.63, 3.8) is 0 Å². The van der Waals surface area contributed by atoms with Gasteiger partial charge in [-0.15, -0.1) is 0 Å². The van der Waals surface area contributed by atoms with Crippen molar-refractivity contribution < 1.29 is 9.72 Å². The number of benzene rings is 2. The molecule has 0 bridgehead atoms. The first-order valence-electron chi connectivity index (χ1n) is 8.68. The Morgan fingerprint density at radius 2 is 2.08 bits per heavy atom. The van der Waals surface area contributed by atoms with E-state index in [9.17, 15) is 14.9 Å². The number of rotatable bonds is 3. The van der Waals surface area contributed by atoms with Gasteiger partial charge in [0.15, 0.2) is 0 Å². The maximum Gasteiger partial charge on any atom is 0.270 e. The topological polar surface area (TPSA) is 79.2 Å². The zero-order valence-corrected chi connectivity index (χ0v) is 14.4. The van der Waals surface area contributed by atoms with Gasteiger partial charge in [0.25, 0.3) is 11.6 Å². The van der Waals surface area contributed by atoms with E-state index in [0.717, 1.165) is 18.4 Å². The predicted molar refractivity (Wildman–Crippen MR) is 99.1 cm³/mol. The number of nitrogens with zero attached hydrogens (tertiary/aromatic N) is 2. The smallest absolute Gasteiger partial charge is 0.270 e. The van der Waals surface area contributed by atoms with Crippen LogP contribution in [-0.4, -0.2) is 27.3 Å². The van der Waals surface area contributed by atoms with Gasteiger partial charge in [0.1, 0.15) is 0 Å². The third-order valence-electron chi connectivity index (χ3n) is 5.17. The molecule has 0 radical (unpaired) electrons. The number of nitrogens with one attached hydrogen (secondary N) is 1. The van der Waals surface area contributed by atoms with Crippen LogP contribution in [-0.2, 0) is 0 Å². The lowest BCUT2D eigenvalue weighted by Crippen LogP contribution is -2.30. The van der Waals surface area contributed by atoms with Gasteiger partial charge in [0, 0.05) is 35.8 Å². The molecule has 132 valence electrons. The summed E-state index contributed by atoms with van der Waals surface area (Å²) in [5, 5.41) is 11.7. The third-order valence-corrected chi connectivity index (χ3v) is 5.17. The molecular formula is C20H19N3O3. The van der Waals surface area contributed by atoms with Gasteiger partial charge in [-0.2, -0.15) is 0 Å². The predicted octanol–water partition coefficient (Wildman–Crippen LogP) is 4.36. The largest absolute Gasteiger partial charge is 0.360 e. The summed E-state index contributed by atoms with van der Waals surface area (Å²) >= 11 is 0. The second-order valence-corrected chi connectivity index (χ2v) is 6.70. The van der Waals surface area contributed by atoms with Gasteiger partial charge < -0.3 is 9.88 Å². The Balaban J connectivity index is 1.73. The van der Waals surface area contributed by atoms with E-state index in [1.807, 2.05) is 17.0 Å². The summed E-state index contributed by atoms with van der Waals surface area (Å²) in [6.07, 6.45) is 3.54. The Hall–Kier alpha value is -3.15. The molecule has 2 aromatic carbocycles. The van der Waals surface area contributed by atoms with Gasteiger partial charge in [-0.1, -0.05) is 24.3 Å². The number of likely N-dealkylation sites (tertiary alicyclic amines) is 1. The number of hydrogen-bond acceptors (Lipinski definition) is 3. The van der Waals surface area contributed by atoms with Crippen LogP contribution in [0, 0.1) is 17.0 Å². The maximum atomic E-state index is 13.2.